The van der Waals surface area contributed by atoms with Crippen molar-refractivity contribution in [2.45, 2.75) is 33.7 Å². The van der Waals surface area contributed by atoms with Crippen LogP contribution in [0.3, 0.4) is 0 Å². The lowest BCUT2D eigenvalue weighted by molar-refractivity contribution is -0.111. The molecule has 0 amide bonds. The molecule has 4 N–H and O–H groups in total. The first kappa shape index (κ1) is 23.9. The maximum Gasteiger partial charge on any atom is 0.353 e. The van der Waals surface area contributed by atoms with Crippen molar-refractivity contribution in [3.63, 3.8) is 0 Å². The van der Waals surface area contributed by atoms with Gasteiger partial charge in [-0.1, -0.05) is 25.2 Å². The van der Waals surface area contributed by atoms with Crippen LogP contribution in [0.25, 0.3) is 27.4 Å². The van der Waals surface area contributed by atoms with Crippen molar-refractivity contribution in [1.29, 1.82) is 0 Å². The molecule has 0 atom stereocenters. The summed E-state index contributed by atoms with van der Waals surface area (Å²) in [4.78, 5) is 28.1. The zero-order valence-corrected chi connectivity index (χ0v) is 19.6. The molecular weight excluding hydrogens is 452 g/mol. The van der Waals surface area contributed by atoms with Crippen LogP contribution in [-0.2, 0) is 11.3 Å². The highest BCUT2D eigenvalue weighted by molar-refractivity contribution is 6.25. The molecule has 6 nitrogen and oxygen atoms in total. The maximum absolute atomic E-state index is 15.0. The van der Waals surface area contributed by atoms with Crippen molar-refractivity contribution in [2.24, 2.45) is 0 Å². The number of aromatic carboxylic acids is 1. The summed E-state index contributed by atoms with van der Waals surface area (Å²) in [6, 6.07) is 5.58. The fourth-order valence-electron chi connectivity index (χ4n) is 4.31. The smallest absolute Gasteiger partial charge is 0.353 e. The third-order valence-corrected chi connectivity index (χ3v) is 6.04. The Balaban J connectivity index is 2.06. The number of carbonyl (C=O) groups is 2. The van der Waals surface area contributed by atoms with Crippen LogP contribution in [0.15, 0.2) is 48.7 Å². The number of Topliss-reactive ketones (excluding diaryl/α,β-unsaturated/α-hetero) is 1. The van der Waals surface area contributed by atoms with E-state index in [-0.39, 0.29) is 40.2 Å². The van der Waals surface area contributed by atoms with Gasteiger partial charge in [-0.25, -0.2) is 13.6 Å². The van der Waals surface area contributed by atoms with E-state index in [0.29, 0.717) is 27.5 Å². The Labute approximate surface area is 200 Å². The molecule has 0 fully saturated rings. The number of hydrogen-bond acceptors (Lipinski definition) is 3. The van der Waals surface area contributed by atoms with Gasteiger partial charge in [0.15, 0.2) is 5.78 Å². The number of carbonyl (C=O) groups excluding carboxylic acids is 1. The number of halogens is 2. The number of aryl methyl sites for hydroxylation is 1. The number of carboxylic acids is 1. The molecule has 0 aliphatic carbocycles. The number of benzene rings is 2. The van der Waals surface area contributed by atoms with Gasteiger partial charge in [0.25, 0.3) is 0 Å². The molecule has 0 radical (unpaired) electrons. The van der Waals surface area contributed by atoms with Crippen LogP contribution >= 0.6 is 0 Å². The van der Waals surface area contributed by atoms with E-state index in [0.717, 1.165) is 6.42 Å². The van der Waals surface area contributed by atoms with Crippen molar-refractivity contribution < 1.29 is 23.5 Å². The number of nitrogens with one attached hydrogen (secondary N) is 1. The van der Waals surface area contributed by atoms with Gasteiger partial charge in [-0.15, -0.1) is 0 Å². The summed E-state index contributed by atoms with van der Waals surface area (Å²) in [6.45, 7) is 4.63. The van der Waals surface area contributed by atoms with Gasteiger partial charge in [-0.2, -0.15) is 0 Å². The third kappa shape index (κ3) is 4.23. The molecule has 4 rings (SSSR count). The molecule has 2 heterocycles. The van der Waals surface area contributed by atoms with Gasteiger partial charge in [0.05, 0.1) is 23.3 Å². The largest absolute Gasteiger partial charge is 0.477 e. The Morgan fingerprint density at radius 1 is 1.14 bits per heavy atom. The molecule has 0 unspecified atom stereocenters. The minimum Gasteiger partial charge on any atom is -0.477 e. The number of carboxylic acid groups (broad SMARTS) is 1. The molecule has 180 valence electrons. The summed E-state index contributed by atoms with van der Waals surface area (Å²) < 4.78 is 31.0. The molecule has 0 saturated carbocycles. The SMILES string of the molecule is CC/C=C\C=C(/C(C)=O)c1c(C(=O)O)n(Cc2cc3c(N)c[nH]c3cc2F)c2cc(F)c(C)cc12. The van der Waals surface area contributed by atoms with Gasteiger partial charge in [-0.3, -0.25) is 4.79 Å². The van der Waals surface area contributed by atoms with E-state index in [9.17, 15) is 19.1 Å². The summed E-state index contributed by atoms with van der Waals surface area (Å²) in [7, 11) is 0. The zero-order valence-electron chi connectivity index (χ0n) is 19.6. The van der Waals surface area contributed by atoms with E-state index in [2.05, 4.69) is 4.98 Å². The maximum atomic E-state index is 15.0. The number of hydrogen-bond donors (Lipinski definition) is 3. The van der Waals surface area contributed by atoms with E-state index in [1.54, 1.807) is 31.3 Å². The molecule has 4 aromatic rings. The fraction of sp³-hybridized carbons (Fsp3) is 0.185. The number of nitrogens with two attached hydrogens (primary N) is 1. The average molecular weight is 478 g/mol. The van der Waals surface area contributed by atoms with Crippen molar-refractivity contribution in [2.75, 3.05) is 5.73 Å². The predicted octanol–water partition coefficient (Wildman–Crippen LogP) is 5.98. The summed E-state index contributed by atoms with van der Waals surface area (Å²) in [5, 5.41) is 11.2. The normalized spacial score (nSPS) is 12.3. The molecule has 35 heavy (non-hydrogen) atoms. The predicted molar refractivity (Wildman–Crippen MR) is 133 cm³/mol. The number of allylic oxidation sites excluding steroid dienone is 4. The molecule has 0 spiro atoms. The topological polar surface area (TPSA) is 101 Å². The average Bonchev–Trinajstić information content (AvgIpc) is 3.29. The highest BCUT2D eigenvalue weighted by Gasteiger charge is 2.28. The molecule has 2 aromatic heterocycles. The van der Waals surface area contributed by atoms with Crippen molar-refractivity contribution in [1.82, 2.24) is 9.55 Å². The van der Waals surface area contributed by atoms with Gasteiger partial charge in [-0.05, 0) is 50.1 Å². The van der Waals surface area contributed by atoms with Gasteiger partial charge in [0, 0.05) is 33.7 Å². The van der Waals surface area contributed by atoms with Crippen molar-refractivity contribution in [3.8, 4) is 0 Å². The van der Waals surface area contributed by atoms with Gasteiger partial charge < -0.3 is 20.4 Å². The molecule has 2 aromatic carbocycles. The number of fused-ring (bicyclic) bond motifs is 2. The molecular formula is C27H25F2N3O3. The van der Waals surface area contributed by atoms with Crippen LogP contribution < -0.4 is 5.73 Å². The first-order chi connectivity index (χ1) is 16.6. The lowest BCUT2D eigenvalue weighted by atomic mass is 9.97. The number of aromatic amines is 1. The zero-order chi connectivity index (χ0) is 25.4. The first-order valence-electron chi connectivity index (χ1n) is 11.1. The van der Waals surface area contributed by atoms with E-state index in [1.165, 1.54) is 29.7 Å². The second-order valence-electron chi connectivity index (χ2n) is 8.44. The van der Waals surface area contributed by atoms with E-state index >= 15 is 4.39 Å². The number of ketones is 1. The number of anilines is 1. The minimum atomic E-state index is -1.32. The van der Waals surface area contributed by atoms with Crippen molar-refractivity contribution in [3.05, 3.63) is 82.7 Å². The highest BCUT2D eigenvalue weighted by atomic mass is 19.1. The summed E-state index contributed by atoms with van der Waals surface area (Å²) in [5.74, 6) is -2.77. The number of rotatable bonds is 7. The van der Waals surface area contributed by atoms with Gasteiger partial charge in [0.2, 0.25) is 0 Å². The number of aromatic nitrogens is 2. The molecule has 0 aliphatic heterocycles. The summed E-state index contributed by atoms with van der Waals surface area (Å²) in [5.41, 5.74) is 7.74. The number of H-pyrrole nitrogens is 1. The van der Waals surface area contributed by atoms with E-state index < -0.39 is 17.6 Å². The summed E-state index contributed by atoms with van der Waals surface area (Å²) in [6.07, 6.45) is 7.35. The van der Waals surface area contributed by atoms with Crippen LogP contribution in [0.5, 0.6) is 0 Å². The Kier molecular flexibility index (Phi) is 6.30. The second-order valence-corrected chi connectivity index (χ2v) is 8.44. The van der Waals surface area contributed by atoms with Crippen LogP contribution in [0.2, 0.25) is 0 Å². The third-order valence-electron chi connectivity index (χ3n) is 6.04. The Morgan fingerprint density at radius 3 is 2.54 bits per heavy atom. The Hall–Kier alpha value is -4.20. The van der Waals surface area contributed by atoms with Crippen LogP contribution in [0.1, 0.15) is 47.4 Å². The Morgan fingerprint density at radius 2 is 1.89 bits per heavy atom. The molecule has 0 bridgehead atoms. The number of nitrogen functional groups attached to an aromatic ring is 1. The monoisotopic (exact) mass is 477 g/mol. The van der Waals surface area contributed by atoms with E-state index in [4.69, 9.17) is 5.73 Å². The molecule has 0 aliphatic rings. The standard InChI is InChI=1S/C27H25F2N3O3/c1-4-5-6-7-17(15(3)33)25-19-8-14(2)20(28)11-24(19)32(26(25)27(34)35)13-16-9-18-22(30)12-31-23(18)10-21(16)29/h5-12,31H,4,13,30H2,1-3H3,(H,34,35)/b6-5-,17-7+. The molecule has 8 heteroatoms. The van der Waals surface area contributed by atoms with E-state index in [1.807, 2.05) is 13.0 Å². The van der Waals surface area contributed by atoms with Crippen LogP contribution in [-0.4, -0.2) is 26.4 Å². The fourth-order valence-corrected chi connectivity index (χ4v) is 4.31. The van der Waals surface area contributed by atoms with Crippen molar-refractivity contribution >= 4 is 44.8 Å². The lowest BCUT2D eigenvalue weighted by Gasteiger charge is -2.11. The molecule has 0 saturated heterocycles. The second kappa shape index (κ2) is 9.21. The van der Waals surface area contributed by atoms with Crippen LogP contribution in [0, 0.1) is 18.6 Å². The minimum absolute atomic E-state index is 0.173. The first-order valence-corrected chi connectivity index (χ1v) is 11.1. The number of nitrogens with zero attached hydrogens (tertiary/aromatic N) is 1. The summed E-state index contributed by atoms with van der Waals surface area (Å²) >= 11 is 0. The Bertz CT molecular complexity index is 1560. The van der Waals surface area contributed by atoms with Gasteiger partial charge in [0.1, 0.15) is 17.3 Å². The van der Waals surface area contributed by atoms with Gasteiger partial charge >= 0.3 is 5.97 Å². The quantitative estimate of drug-likeness (QED) is 0.225. The highest BCUT2D eigenvalue weighted by Crippen LogP contribution is 2.35. The van der Waals surface area contributed by atoms with Crippen LogP contribution in [0.4, 0.5) is 14.5 Å². The lowest BCUT2D eigenvalue weighted by Crippen LogP contribution is -2.13.